The number of carbonyl (C=O) groups excluding carboxylic acids is 1. The summed E-state index contributed by atoms with van der Waals surface area (Å²) < 4.78 is 0. The summed E-state index contributed by atoms with van der Waals surface area (Å²) in [5, 5.41) is 6.96. The van der Waals surface area contributed by atoms with Gasteiger partial charge in [0.1, 0.15) is 0 Å². The first kappa shape index (κ1) is 16.7. The van der Waals surface area contributed by atoms with E-state index in [1.807, 2.05) is 37.3 Å². The van der Waals surface area contributed by atoms with E-state index in [9.17, 15) is 4.79 Å². The van der Waals surface area contributed by atoms with Crippen LogP contribution >= 0.6 is 23.2 Å². The van der Waals surface area contributed by atoms with E-state index in [2.05, 4.69) is 15.6 Å². The van der Waals surface area contributed by atoms with Crippen LogP contribution < -0.4 is 10.6 Å². The third-order valence-corrected chi connectivity index (χ3v) is 4.04. The molecule has 0 aliphatic rings. The Bertz CT molecular complexity index is 635. The van der Waals surface area contributed by atoms with Crippen LogP contribution in [0.4, 0.5) is 0 Å². The molecule has 1 unspecified atom stereocenters. The lowest BCUT2D eigenvalue weighted by molar-refractivity contribution is -0.120. The van der Waals surface area contributed by atoms with E-state index in [0.29, 0.717) is 16.6 Å². The number of halogens is 2. The Labute approximate surface area is 139 Å². The average molecular weight is 338 g/mol. The van der Waals surface area contributed by atoms with Crippen LogP contribution in [0.25, 0.3) is 0 Å². The van der Waals surface area contributed by atoms with Crippen molar-refractivity contribution in [2.24, 2.45) is 0 Å². The molecular formula is C16H17Cl2N3O. The first-order chi connectivity index (χ1) is 10.6. The van der Waals surface area contributed by atoms with Gasteiger partial charge in [0.05, 0.1) is 28.8 Å². The number of aromatic nitrogens is 1. The molecule has 116 valence electrons. The second-order valence-corrected chi connectivity index (χ2v) is 5.63. The van der Waals surface area contributed by atoms with Crippen LogP contribution in [0.3, 0.4) is 0 Å². The van der Waals surface area contributed by atoms with Gasteiger partial charge < -0.3 is 10.6 Å². The average Bonchev–Trinajstić information content (AvgIpc) is 2.54. The third-order valence-electron chi connectivity index (χ3n) is 3.21. The molecule has 6 heteroatoms. The van der Waals surface area contributed by atoms with Crippen molar-refractivity contribution < 1.29 is 4.79 Å². The van der Waals surface area contributed by atoms with Crippen molar-refractivity contribution in [3.8, 4) is 0 Å². The molecule has 1 aromatic carbocycles. The number of carbonyl (C=O) groups is 1. The fourth-order valence-electron chi connectivity index (χ4n) is 1.96. The first-order valence-electron chi connectivity index (χ1n) is 6.92. The van der Waals surface area contributed by atoms with Gasteiger partial charge in [0, 0.05) is 12.2 Å². The number of nitrogens with zero attached hydrogens (tertiary/aromatic N) is 1. The molecule has 22 heavy (non-hydrogen) atoms. The number of nitrogens with one attached hydrogen (secondary N) is 2. The maximum Gasteiger partial charge on any atom is 0.234 e. The fourth-order valence-corrected chi connectivity index (χ4v) is 2.44. The molecule has 1 atom stereocenters. The number of amides is 1. The molecule has 2 N–H and O–H groups in total. The minimum absolute atomic E-state index is 0.0770. The molecule has 0 radical (unpaired) electrons. The summed E-state index contributed by atoms with van der Waals surface area (Å²) >= 11 is 12.2. The van der Waals surface area contributed by atoms with Crippen LogP contribution in [0.1, 0.15) is 24.2 Å². The van der Waals surface area contributed by atoms with E-state index in [1.165, 1.54) is 0 Å². The largest absolute Gasteiger partial charge is 0.349 e. The van der Waals surface area contributed by atoms with Gasteiger partial charge >= 0.3 is 0 Å². The normalized spacial score (nSPS) is 12.0. The summed E-state index contributed by atoms with van der Waals surface area (Å²) in [6, 6.07) is 11.0. The van der Waals surface area contributed by atoms with Gasteiger partial charge in [-0.1, -0.05) is 41.4 Å². The Morgan fingerprint density at radius 1 is 1.23 bits per heavy atom. The number of rotatable bonds is 6. The summed E-state index contributed by atoms with van der Waals surface area (Å²) in [6.45, 7) is 2.54. The molecule has 1 aromatic heterocycles. The van der Waals surface area contributed by atoms with Crippen LogP contribution in [0.15, 0.2) is 42.6 Å². The minimum atomic E-state index is -0.101. The Hall–Kier alpha value is -1.62. The molecule has 1 heterocycles. The molecule has 0 saturated carbocycles. The first-order valence-corrected chi connectivity index (χ1v) is 7.67. The van der Waals surface area contributed by atoms with Gasteiger partial charge in [-0.05, 0) is 30.7 Å². The molecule has 0 bridgehead atoms. The number of benzene rings is 1. The van der Waals surface area contributed by atoms with Gasteiger partial charge in [0.2, 0.25) is 5.91 Å². The molecule has 2 aromatic rings. The van der Waals surface area contributed by atoms with Crippen molar-refractivity contribution in [1.82, 2.24) is 15.6 Å². The van der Waals surface area contributed by atoms with E-state index in [4.69, 9.17) is 23.2 Å². The topological polar surface area (TPSA) is 54.0 Å². The van der Waals surface area contributed by atoms with Crippen molar-refractivity contribution in [1.29, 1.82) is 0 Å². The summed E-state index contributed by atoms with van der Waals surface area (Å²) in [5.41, 5.74) is 1.69. The second kappa shape index (κ2) is 8.13. The smallest absolute Gasteiger partial charge is 0.234 e. The summed E-state index contributed by atoms with van der Waals surface area (Å²) in [5.74, 6) is -0.101. The quantitative estimate of drug-likeness (QED) is 0.849. The minimum Gasteiger partial charge on any atom is -0.349 e. The van der Waals surface area contributed by atoms with Crippen molar-refractivity contribution in [2.75, 3.05) is 6.54 Å². The van der Waals surface area contributed by atoms with Crippen molar-refractivity contribution in [2.45, 2.75) is 19.5 Å². The molecular weight excluding hydrogens is 321 g/mol. The van der Waals surface area contributed by atoms with E-state index in [1.54, 1.807) is 12.3 Å². The van der Waals surface area contributed by atoms with Gasteiger partial charge in [-0.2, -0.15) is 0 Å². The molecule has 0 saturated heterocycles. The van der Waals surface area contributed by atoms with Crippen molar-refractivity contribution in [3.05, 3.63) is 63.9 Å². The van der Waals surface area contributed by atoms with E-state index < -0.39 is 0 Å². The van der Waals surface area contributed by atoms with Gasteiger partial charge in [-0.3, -0.25) is 9.78 Å². The highest BCUT2D eigenvalue weighted by Crippen LogP contribution is 2.29. The molecule has 1 amide bonds. The lowest BCUT2D eigenvalue weighted by Crippen LogP contribution is -2.34. The van der Waals surface area contributed by atoms with Crippen molar-refractivity contribution >= 4 is 29.1 Å². The fraction of sp³-hybridized carbons (Fsp3) is 0.250. The highest BCUT2D eigenvalue weighted by Gasteiger charge is 2.12. The number of hydrogen-bond donors (Lipinski definition) is 2. The summed E-state index contributed by atoms with van der Waals surface area (Å²) in [4.78, 5) is 16.0. The predicted octanol–water partition coefficient (Wildman–Crippen LogP) is 3.36. The Balaban J connectivity index is 1.82. The molecule has 0 aliphatic carbocycles. The third kappa shape index (κ3) is 4.70. The highest BCUT2D eigenvalue weighted by atomic mass is 35.5. The lowest BCUT2D eigenvalue weighted by Gasteiger charge is -2.16. The zero-order valence-corrected chi connectivity index (χ0v) is 13.7. The molecule has 0 fully saturated rings. The van der Waals surface area contributed by atoms with Crippen molar-refractivity contribution in [3.63, 3.8) is 0 Å². The summed E-state index contributed by atoms with van der Waals surface area (Å²) in [6.07, 6.45) is 1.70. The maximum absolute atomic E-state index is 11.8. The van der Waals surface area contributed by atoms with E-state index in [-0.39, 0.29) is 18.5 Å². The standard InChI is InChI=1S/C16H17Cl2N3O/c1-11(13-6-4-7-14(17)16(13)18)20-10-15(22)21-9-12-5-2-3-8-19-12/h2-8,11,20H,9-10H2,1H3,(H,21,22). The van der Waals surface area contributed by atoms with E-state index >= 15 is 0 Å². The zero-order chi connectivity index (χ0) is 15.9. The van der Waals surface area contributed by atoms with E-state index in [0.717, 1.165) is 11.3 Å². The van der Waals surface area contributed by atoms with Crippen LogP contribution in [0, 0.1) is 0 Å². The Kier molecular flexibility index (Phi) is 6.19. The summed E-state index contributed by atoms with van der Waals surface area (Å²) in [7, 11) is 0. The molecule has 0 aliphatic heterocycles. The van der Waals surface area contributed by atoms with Gasteiger partial charge in [0.25, 0.3) is 0 Å². The van der Waals surface area contributed by atoms with Crippen LogP contribution in [-0.2, 0) is 11.3 Å². The Morgan fingerprint density at radius 3 is 2.77 bits per heavy atom. The van der Waals surface area contributed by atoms with Crippen LogP contribution in [0.2, 0.25) is 10.0 Å². The van der Waals surface area contributed by atoms with Gasteiger partial charge in [-0.15, -0.1) is 0 Å². The SMILES string of the molecule is CC(NCC(=O)NCc1ccccn1)c1cccc(Cl)c1Cl. The van der Waals surface area contributed by atoms with Gasteiger partial charge in [-0.25, -0.2) is 0 Å². The predicted molar refractivity (Wildman–Crippen MR) is 89.0 cm³/mol. The maximum atomic E-state index is 11.8. The molecule has 4 nitrogen and oxygen atoms in total. The number of hydrogen-bond acceptors (Lipinski definition) is 3. The number of pyridine rings is 1. The second-order valence-electron chi connectivity index (χ2n) is 4.84. The monoisotopic (exact) mass is 337 g/mol. The van der Waals surface area contributed by atoms with Gasteiger partial charge in [0.15, 0.2) is 0 Å². The van der Waals surface area contributed by atoms with Crippen LogP contribution in [0.5, 0.6) is 0 Å². The highest BCUT2D eigenvalue weighted by molar-refractivity contribution is 6.42. The lowest BCUT2D eigenvalue weighted by atomic mass is 10.1. The molecule has 2 rings (SSSR count). The Morgan fingerprint density at radius 2 is 2.05 bits per heavy atom. The molecule has 0 spiro atoms. The van der Waals surface area contributed by atoms with Crippen LogP contribution in [-0.4, -0.2) is 17.4 Å². The zero-order valence-electron chi connectivity index (χ0n) is 12.1.